The van der Waals surface area contributed by atoms with E-state index in [2.05, 4.69) is 43.0 Å². The van der Waals surface area contributed by atoms with Gasteiger partial charge in [-0.25, -0.2) is 0 Å². The highest BCUT2D eigenvalue weighted by molar-refractivity contribution is 5.73. The molecule has 1 aliphatic rings. The van der Waals surface area contributed by atoms with Gasteiger partial charge in [0.25, 0.3) is 0 Å². The minimum Gasteiger partial charge on any atom is -0.466 e. The minimum absolute atomic E-state index is 0.0261. The van der Waals surface area contributed by atoms with E-state index in [0.29, 0.717) is 18.4 Å². The first-order valence-corrected chi connectivity index (χ1v) is 7.54. The van der Waals surface area contributed by atoms with E-state index >= 15 is 0 Å². The Labute approximate surface area is 121 Å². The van der Waals surface area contributed by atoms with Gasteiger partial charge < -0.3 is 4.74 Å². The quantitative estimate of drug-likeness (QED) is 0.774. The molecular weight excluding hydrogens is 250 g/mol. The molecule has 1 fully saturated rings. The Morgan fingerprint density at radius 1 is 1.30 bits per heavy atom. The predicted octanol–water partition coefficient (Wildman–Crippen LogP) is 2.95. The summed E-state index contributed by atoms with van der Waals surface area (Å²) in [5, 5.41) is 0. The first kappa shape index (κ1) is 15.0. The van der Waals surface area contributed by atoms with E-state index in [1.165, 1.54) is 5.56 Å². The number of likely N-dealkylation sites (tertiary alicyclic amines) is 1. The monoisotopic (exact) mass is 275 g/mol. The van der Waals surface area contributed by atoms with Gasteiger partial charge in [-0.15, -0.1) is 0 Å². The number of hydrogen-bond acceptors (Lipinski definition) is 3. The topological polar surface area (TPSA) is 29.5 Å². The fraction of sp³-hybridized carbons (Fsp3) is 0.588. The van der Waals surface area contributed by atoms with Crippen molar-refractivity contribution in [3.8, 4) is 0 Å². The Kier molecular flexibility index (Phi) is 5.18. The van der Waals surface area contributed by atoms with Crippen molar-refractivity contribution in [1.29, 1.82) is 0 Å². The Morgan fingerprint density at radius 3 is 2.60 bits per heavy atom. The van der Waals surface area contributed by atoms with Crippen LogP contribution < -0.4 is 0 Å². The number of rotatable bonds is 5. The van der Waals surface area contributed by atoms with Gasteiger partial charge in [-0.2, -0.15) is 0 Å². The second-order valence-corrected chi connectivity index (χ2v) is 5.95. The van der Waals surface area contributed by atoms with Gasteiger partial charge in [0.2, 0.25) is 0 Å². The molecule has 0 spiro atoms. The fourth-order valence-corrected chi connectivity index (χ4v) is 3.06. The summed E-state index contributed by atoms with van der Waals surface area (Å²) in [6.45, 7) is 9.45. The van der Waals surface area contributed by atoms with Crippen LogP contribution in [0.5, 0.6) is 0 Å². The maximum Gasteiger partial charge on any atom is 0.310 e. The van der Waals surface area contributed by atoms with E-state index in [4.69, 9.17) is 4.74 Å². The molecule has 20 heavy (non-hydrogen) atoms. The van der Waals surface area contributed by atoms with Crippen LogP contribution in [-0.4, -0.2) is 30.6 Å². The van der Waals surface area contributed by atoms with Crippen molar-refractivity contribution in [3.63, 3.8) is 0 Å². The lowest BCUT2D eigenvalue weighted by molar-refractivity contribution is -0.149. The maximum atomic E-state index is 12.1. The van der Waals surface area contributed by atoms with Gasteiger partial charge in [0.05, 0.1) is 12.5 Å². The van der Waals surface area contributed by atoms with Gasteiger partial charge >= 0.3 is 5.97 Å². The fourth-order valence-electron chi connectivity index (χ4n) is 3.06. The van der Waals surface area contributed by atoms with Crippen LogP contribution in [0.4, 0.5) is 0 Å². The molecule has 3 heteroatoms. The van der Waals surface area contributed by atoms with Crippen LogP contribution in [0.1, 0.15) is 26.3 Å². The molecule has 0 aromatic heterocycles. The predicted molar refractivity (Wildman–Crippen MR) is 80.2 cm³/mol. The molecular formula is C17H25NO2. The van der Waals surface area contributed by atoms with E-state index in [1.807, 2.05) is 13.0 Å². The molecule has 0 amide bonds. The Balaban J connectivity index is 2.02. The van der Waals surface area contributed by atoms with Crippen LogP contribution in [0.2, 0.25) is 0 Å². The maximum absolute atomic E-state index is 12.1. The van der Waals surface area contributed by atoms with Crippen molar-refractivity contribution in [2.45, 2.75) is 27.3 Å². The lowest BCUT2D eigenvalue weighted by atomic mass is 9.86. The van der Waals surface area contributed by atoms with Crippen LogP contribution in [0.15, 0.2) is 30.3 Å². The van der Waals surface area contributed by atoms with Crippen LogP contribution in [0.3, 0.4) is 0 Å². The number of carbonyl (C=O) groups is 1. The smallest absolute Gasteiger partial charge is 0.310 e. The summed E-state index contributed by atoms with van der Waals surface area (Å²) in [6.07, 6.45) is 0. The highest BCUT2D eigenvalue weighted by atomic mass is 16.5. The molecule has 2 atom stereocenters. The van der Waals surface area contributed by atoms with Crippen molar-refractivity contribution >= 4 is 5.97 Å². The third-order valence-corrected chi connectivity index (χ3v) is 4.14. The summed E-state index contributed by atoms with van der Waals surface area (Å²) in [4.78, 5) is 14.5. The summed E-state index contributed by atoms with van der Waals surface area (Å²) < 4.78 is 5.24. The van der Waals surface area contributed by atoms with Crippen molar-refractivity contribution in [1.82, 2.24) is 4.90 Å². The summed E-state index contributed by atoms with van der Waals surface area (Å²) in [6, 6.07) is 10.4. The molecule has 1 saturated heterocycles. The van der Waals surface area contributed by atoms with Gasteiger partial charge in [0.1, 0.15) is 0 Å². The number of carbonyl (C=O) groups excluding carboxylic acids is 1. The molecule has 0 bridgehead atoms. The van der Waals surface area contributed by atoms with Crippen molar-refractivity contribution < 1.29 is 9.53 Å². The summed E-state index contributed by atoms with van der Waals surface area (Å²) in [5.41, 5.74) is 1.31. The molecule has 1 aliphatic heterocycles. The summed E-state index contributed by atoms with van der Waals surface area (Å²) in [7, 11) is 0. The number of hydrogen-bond donors (Lipinski definition) is 0. The van der Waals surface area contributed by atoms with E-state index in [-0.39, 0.29) is 11.9 Å². The second kappa shape index (κ2) is 6.89. The van der Waals surface area contributed by atoms with Gasteiger partial charge in [0, 0.05) is 19.6 Å². The molecule has 1 unspecified atom stereocenters. The normalized spacial score (nSPS) is 23.2. The molecule has 1 aromatic rings. The number of ether oxygens (including phenoxy) is 1. The van der Waals surface area contributed by atoms with Crippen LogP contribution in [-0.2, 0) is 16.1 Å². The third kappa shape index (κ3) is 3.60. The molecule has 1 heterocycles. The second-order valence-electron chi connectivity index (χ2n) is 5.95. The van der Waals surface area contributed by atoms with Crippen molar-refractivity contribution in [3.05, 3.63) is 35.9 Å². The Hall–Kier alpha value is -1.35. The molecule has 2 rings (SSSR count). The summed E-state index contributed by atoms with van der Waals surface area (Å²) >= 11 is 0. The first-order valence-electron chi connectivity index (χ1n) is 7.54. The Morgan fingerprint density at radius 2 is 2.00 bits per heavy atom. The first-order chi connectivity index (χ1) is 9.61. The van der Waals surface area contributed by atoms with Crippen LogP contribution in [0, 0.1) is 17.8 Å². The third-order valence-electron chi connectivity index (χ3n) is 4.14. The average Bonchev–Trinajstić information content (AvgIpc) is 2.84. The van der Waals surface area contributed by atoms with Crippen molar-refractivity contribution in [2.75, 3.05) is 19.7 Å². The van der Waals surface area contributed by atoms with Crippen molar-refractivity contribution in [2.24, 2.45) is 17.8 Å². The average molecular weight is 275 g/mol. The molecule has 0 aliphatic carbocycles. The number of nitrogens with zero attached hydrogens (tertiary/aromatic N) is 1. The van der Waals surface area contributed by atoms with E-state index < -0.39 is 0 Å². The van der Waals surface area contributed by atoms with E-state index in [9.17, 15) is 4.79 Å². The van der Waals surface area contributed by atoms with E-state index in [0.717, 1.165) is 19.6 Å². The Bertz CT molecular complexity index is 430. The van der Waals surface area contributed by atoms with Gasteiger partial charge in [0.15, 0.2) is 0 Å². The molecule has 0 saturated carbocycles. The largest absolute Gasteiger partial charge is 0.466 e. The van der Waals surface area contributed by atoms with Gasteiger partial charge in [-0.1, -0.05) is 44.2 Å². The molecule has 110 valence electrons. The SMILES string of the molecule is CCOC(=O)[C@@H]1CN(Cc2ccccc2)CC1C(C)C. The van der Waals surface area contributed by atoms with Gasteiger partial charge in [-0.05, 0) is 24.3 Å². The molecule has 0 N–H and O–H groups in total. The zero-order valence-electron chi connectivity index (χ0n) is 12.7. The highest BCUT2D eigenvalue weighted by Gasteiger charge is 2.39. The zero-order valence-corrected chi connectivity index (χ0v) is 12.7. The lowest BCUT2D eigenvalue weighted by Crippen LogP contribution is -2.28. The van der Waals surface area contributed by atoms with E-state index in [1.54, 1.807) is 0 Å². The molecule has 3 nitrogen and oxygen atoms in total. The number of esters is 1. The minimum atomic E-state index is -0.0261. The zero-order chi connectivity index (χ0) is 14.5. The number of benzene rings is 1. The highest BCUT2D eigenvalue weighted by Crippen LogP contribution is 2.31. The molecule has 0 radical (unpaired) electrons. The molecule has 1 aromatic carbocycles. The van der Waals surface area contributed by atoms with Crippen LogP contribution >= 0.6 is 0 Å². The van der Waals surface area contributed by atoms with Gasteiger partial charge in [-0.3, -0.25) is 9.69 Å². The summed E-state index contributed by atoms with van der Waals surface area (Å²) in [5.74, 6) is 0.906. The lowest BCUT2D eigenvalue weighted by Gasteiger charge is -2.20. The van der Waals surface area contributed by atoms with Crippen LogP contribution in [0.25, 0.3) is 0 Å². The standard InChI is InChI=1S/C17H25NO2/c1-4-20-17(19)16-12-18(11-15(16)13(2)3)10-14-8-6-5-7-9-14/h5-9,13,15-16H,4,10-12H2,1-3H3/t15?,16-/m1/s1.